The standard InChI is InChI=1S/C21H24BF3N2O3/c1-13-9-10-16(12-17(13)22-29-19(2,3)20(4,5)30-22)27-18(28)26-15-8-6-7-14(11-15)21(23,24)25/h6-12H,1-5H3,(H2,26,27,28). The van der Waals surface area contributed by atoms with Crippen LogP contribution in [0.2, 0.25) is 0 Å². The van der Waals surface area contributed by atoms with Crippen molar-refractivity contribution in [1.29, 1.82) is 0 Å². The Morgan fingerprint density at radius 2 is 1.50 bits per heavy atom. The van der Waals surface area contributed by atoms with Gasteiger partial charge in [-0.1, -0.05) is 17.7 Å². The lowest BCUT2D eigenvalue weighted by Gasteiger charge is -2.32. The molecule has 1 fully saturated rings. The second-order valence-corrected chi connectivity index (χ2v) is 8.32. The first-order valence-electron chi connectivity index (χ1n) is 9.50. The zero-order valence-electron chi connectivity index (χ0n) is 17.5. The van der Waals surface area contributed by atoms with Gasteiger partial charge >= 0.3 is 19.3 Å². The van der Waals surface area contributed by atoms with Crippen LogP contribution in [0.1, 0.15) is 38.8 Å². The van der Waals surface area contributed by atoms with Crippen molar-refractivity contribution in [3.8, 4) is 0 Å². The molecule has 30 heavy (non-hydrogen) atoms. The third-order valence-electron chi connectivity index (χ3n) is 5.49. The largest absolute Gasteiger partial charge is 0.495 e. The van der Waals surface area contributed by atoms with Gasteiger partial charge in [0, 0.05) is 11.4 Å². The molecule has 0 aliphatic carbocycles. The summed E-state index contributed by atoms with van der Waals surface area (Å²) in [6.07, 6.45) is -4.48. The van der Waals surface area contributed by atoms with E-state index in [1.165, 1.54) is 12.1 Å². The molecule has 1 heterocycles. The summed E-state index contributed by atoms with van der Waals surface area (Å²) in [6.45, 7) is 9.71. The molecule has 2 N–H and O–H groups in total. The third kappa shape index (κ3) is 4.62. The Morgan fingerprint density at radius 3 is 2.07 bits per heavy atom. The van der Waals surface area contributed by atoms with E-state index >= 15 is 0 Å². The summed E-state index contributed by atoms with van der Waals surface area (Å²) < 4.78 is 50.7. The smallest absolute Gasteiger partial charge is 0.399 e. The lowest BCUT2D eigenvalue weighted by Crippen LogP contribution is -2.41. The Morgan fingerprint density at radius 1 is 0.933 bits per heavy atom. The van der Waals surface area contributed by atoms with E-state index in [0.717, 1.165) is 23.2 Å². The van der Waals surface area contributed by atoms with Gasteiger partial charge in [-0.25, -0.2) is 4.79 Å². The van der Waals surface area contributed by atoms with Crippen LogP contribution in [-0.2, 0) is 15.5 Å². The van der Waals surface area contributed by atoms with Crippen molar-refractivity contribution in [3.05, 3.63) is 53.6 Å². The maximum absolute atomic E-state index is 12.8. The van der Waals surface area contributed by atoms with E-state index < -0.39 is 36.1 Å². The van der Waals surface area contributed by atoms with Crippen LogP contribution in [0.15, 0.2) is 42.5 Å². The summed E-state index contributed by atoms with van der Waals surface area (Å²) >= 11 is 0. The molecule has 2 aromatic carbocycles. The molecular weight excluding hydrogens is 396 g/mol. The predicted molar refractivity (Wildman–Crippen MR) is 111 cm³/mol. The molecule has 1 aliphatic heterocycles. The molecule has 0 spiro atoms. The number of urea groups is 1. The molecule has 0 aromatic heterocycles. The molecule has 3 rings (SSSR count). The molecule has 0 atom stereocenters. The molecule has 2 amide bonds. The molecule has 0 saturated carbocycles. The zero-order chi connectivity index (χ0) is 22.3. The number of hydrogen-bond acceptors (Lipinski definition) is 3. The first-order chi connectivity index (χ1) is 13.8. The molecule has 2 aromatic rings. The fourth-order valence-electron chi connectivity index (χ4n) is 3.01. The summed E-state index contributed by atoms with van der Waals surface area (Å²) in [5.41, 5.74) is 0.361. The van der Waals surface area contributed by atoms with Crippen molar-refractivity contribution in [2.45, 2.75) is 52.0 Å². The summed E-state index contributed by atoms with van der Waals surface area (Å²) in [5, 5.41) is 5.06. The Labute approximate surface area is 174 Å². The number of carbonyl (C=O) groups excluding carboxylic acids is 1. The average molecular weight is 420 g/mol. The molecule has 9 heteroatoms. The topological polar surface area (TPSA) is 59.6 Å². The lowest BCUT2D eigenvalue weighted by molar-refractivity contribution is -0.137. The van der Waals surface area contributed by atoms with Crippen LogP contribution in [0.4, 0.5) is 29.3 Å². The van der Waals surface area contributed by atoms with Crippen LogP contribution in [0, 0.1) is 6.92 Å². The Bertz CT molecular complexity index is 945. The minimum absolute atomic E-state index is 0.0422. The van der Waals surface area contributed by atoms with Crippen molar-refractivity contribution in [1.82, 2.24) is 0 Å². The fraction of sp³-hybridized carbons (Fsp3) is 0.381. The number of nitrogens with one attached hydrogen (secondary N) is 2. The van der Waals surface area contributed by atoms with Gasteiger partial charge in [0.15, 0.2) is 0 Å². The molecule has 1 aliphatic rings. The second kappa shape index (κ2) is 7.63. The van der Waals surface area contributed by atoms with Gasteiger partial charge in [0.1, 0.15) is 0 Å². The van der Waals surface area contributed by atoms with Gasteiger partial charge in [0.25, 0.3) is 0 Å². The van der Waals surface area contributed by atoms with E-state index in [1.54, 1.807) is 12.1 Å². The Hall–Kier alpha value is -2.52. The van der Waals surface area contributed by atoms with Gasteiger partial charge in [0.2, 0.25) is 0 Å². The highest BCUT2D eigenvalue weighted by atomic mass is 19.4. The van der Waals surface area contributed by atoms with Crippen LogP contribution in [0.25, 0.3) is 0 Å². The average Bonchev–Trinajstić information content (AvgIpc) is 2.83. The van der Waals surface area contributed by atoms with Gasteiger partial charge in [-0.15, -0.1) is 0 Å². The van der Waals surface area contributed by atoms with E-state index in [2.05, 4.69) is 10.6 Å². The molecule has 1 saturated heterocycles. The Kier molecular flexibility index (Phi) is 5.64. The minimum atomic E-state index is -4.48. The lowest BCUT2D eigenvalue weighted by atomic mass is 9.76. The van der Waals surface area contributed by atoms with E-state index in [0.29, 0.717) is 5.69 Å². The molecule has 160 valence electrons. The quantitative estimate of drug-likeness (QED) is 0.691. The van der Waals surface area contributed by atoms with Gasteiger partial charge in [-0.2, -0.15) is 13.2 Å². The number of halogens is 3. The number of rotatable bonds is 3. The van der Waals surface area contributed by atoms with Crippen molar-refractivity contribution in [3.63, 3.8) is 0 Å². The third-order valence-corrected chi connectivity index (χ3v) is 5.49. The summed E-state index contributed by atoms with van der Waals surface area (Å²) in [4.78, 5) is 12.3. The molecule has 0 radical (unpaired) electrons. The van der Waals surface area contributed by atoms with Crippen molar-refractivity contribution in [2.24, 2.45) is 0 Å². The van der Waals surface area contributed by atoms with Crippen molar-refractivity contribution >= 4 is 30.0 Å². The molecular formula is C21H24BF3N2O3. The normalized spacial score (nSPS) is 17.7. The van der Waals surface area contributed by atoms with E-state index in [-0.39, 0.29) is 5.69 Å². The van der Waals surface area contributed by atoms with Crippen LogP contribution >= 0.6 is 0 Å². The van der Waals surface area contributed by atoms with Crippen LogP contribution in [-0.4, -0.2) is 24.4 Å². The predicted octanol–water partition coefficient (Wildman–Crippen LogP) is 4.96. The number of aryl methyl sites for hydroxylation is 1. The van der Waals surface area contributed by atoms with E-state index in [9.17, 15) is 18.0 Å². The van der Waals surface area contributed by atoms with Crippen LogP contribution < -0.4 is 16.1 Å². The maximum atomic E-state index is 12.8. The highest BCUT2D eigenvalue weighted by Crippen LogP contribution is 2.37. The molecule has 5 nitrogen and oxygen atoms in total. The van der Waals surface area contributed by atoms with Gasteiger partial charge < -0.3 is 19.9 Å². The summed E-state index contributed by atoms with van der Waals surface area (Å²) in [6, 6.07) is 9.06. The number of amides is 2. The van der Waals surface area contributed by atoms with Gasteiger partial charge in [0.05, 0.1) is 16.8 Å². The van der Waals surface area contributed by atoms with E-state index in [1.807, 2.05) is 40.7 Å². The minimum Gasteiger partial charge on any atom is -0.399 e. The van der Waals surface area contributed by atoms with Crippen molar-refractivity contribution < 1.29 is 27.3 Å². The second-order valence-electron chi connectivity index (χ2n) is 8.32. The first-order valence-corrected chi connectivity index (χ1v) is 9.50. The monoisotopic (exact) mass is 420 g/mol. The van der Waals surface area contributed by atoms with Gasteiger partial charge in [-0.3, -0.25) is 0 Å². The maximum Gasteiger partial charge on any atom is 0.495 e. The Balaban J connectivity index is 1.74. The number of carbonyl (C=O) groups is 1. The number of hydrogen-bond donors (Lipinski definition) is 2. The molecule has 0 bridgehead atoms. The van der Waals surface area contributed by atoms with Crippen LogP contribution in [0.5, 0.6) is 0 Å². The number of benzene rings is 2. The fourth-order valence-corrected chi connectivity index (χ4v) is 3.01. The highest BCUT2D eigenvalue weighted by Gasteiger charge is 2.52. The van der Waals surface area contributed by atoms with Crippen molar-refractivity contribution in [2.75, 3.05) is 10.6 Å². The van der Waals surface area contributed by atoms with Gasteiger partial charge in [-0.05, 0) is 70.4 Å². The molecule has 0 unspecified atom stereocenters. The number of anilines is 2. The number of alkyl halides is 3. The van der Waals surface area contributed by atoms with Crippen LogP contribution in [0.3, 0.4) is 0 Å². The summed E-state index contributed by atoms with van der Waals surface area (Å²) in [5.74, 6) is 0. The SMILES string of the molecule is Cc1ccc(NC(=O)Nc2cccc(C(F)(F)F)c2)cc1B1OC(C)(C)C(C)(C)O1. The zero-order valence-corrected chi connectivity index (χ0v) is 17.5. The highest BCUT2D eigenvalue weighted by molar-refractivity contribution is 6.62. The first kappa shape index (κ1) is 22.2. The van der Waals surface area contributed by atoms with E-state index in [4.69, 9.17) is 9.31 Å². The summed E-state index contributed by atoms with van der Waals surface area (Å²) in [7, 11) is -0.594.